The zero-order chi connectivity index (χ0) is 17.5. The molecule has 0 radical (unpaired) electrons. The van der Waals surface area contributed by atoms with E-state index in [1.165, 1.54) is 12.1 Å². The molecule has 1 amide bonds. The van der Waals surface area contributed by atoms with E-state index in [-0.39, 0.29) is 31.5 Å². The minimum atomic E-state index is -4.02. The fourth-order valence-corrected chi connectivity index (χ4v) is 2.95. The van der Waals surface area contributed by atoms with Crippen molar-refractivity contribution in [3.8, 4) is 0 Å². The number of amides is 1. The van der Waals surface area contributed by atoms with E-state index in [1.54, 1.807) is 6.92 Å². The van der Waals surface area contributed by atoms with Crippen LogP contribution in [-0.4, -0.2) is 38.4 Å². The summed E-state index contributed by atoms with van der Waals surface area (Å²) in [5, 5.41) is 13.4. The Labute approximate surface area is 134 Å². The number of carbonyl (C=O) groups is 1. The van der Waals surface area contributed by atoms with E-state index >= 15 is 0 Å². The average molecular weight is 344 g/mol. The summed E-state index contributed by atoms with van der Waals surface area (Å²) in [6.45, 7) is 1.80. The molecule has 1 aromatic carbocycles. The molecule has 23 heavy (non-hydrogen) atoms. The molecule has 10 heteroatoms. The molecule has 0 saturated heterocycles. The van der Waals surface area contributed by atoms with Crippen LogP contribution in [0.5, 0.6) is 0 Å². The minimum Gasteiger partial charge on any atom is -0.355 e. The number of sulfonamides is 1. The van der Waals surface area contributed by atoms with Crippen molar-refractivity contribution in [1.82, 2.24) is 10.0 Å². The van der Waals surface area contributed by atoms with E-state index in [0.717, 1.165) is 12.1 Å². The largest absolute Gasteiger partial charge is 0.355 e. The summed E-state index contributed by atoms with van der Waals surface area (Å²) in [6.07, 6.45) is 0.794. The van der Waals surface area contributed by atoms with Crippen LogP contribution >= 0.6 is 0 Å². The lowest BCUT2D eigenvalue weighted by molar-refractivity contribution is -0.387. The van der Waals surface area contributed by atoms with Crippen molar-refractivity contribution >= 4 is 21.6 Å². The Morgan fingerprint density at radius 1 is 1.35 bits per heavy atom. The molecule has 1 aromatic rings. The highest BCUT2D eigenvalue weighted by Crippen LogP contribution is 2.22. The van der Waals surface area contributed by atoms with Gasteiger partial charge in [-0.15, -0.1) is 0 Å². The summed E-state index contributed by atoms with van der Waals surface area (Å²) in [5.41, 5.74) is 5.03. The van der Waals surface area contributed by atoms with Gasteiger partial charge in [0.25, 0.3) is 5.69 Å². The van der Waals surface area contributed by atoms with E-state index in [9.17, 15) is 23.3 Å². The molecular weight excluding hydrogens is 324 g/mol. The molecule has 0 aliphatic rings. The summed E-state index contributed by atoms with van der Waals surface area (Å²) >= 11 is 0. The van der Waals surface area contributed by atoms with Crippen LogP contribution in [0, 0.1) is 10.1 Å². The zero-order valence-corrected chi connectivity index (χ0v) is 13.5. The van der Waals surface area contributed by atoms with Crippen molar-refractivity contribution in [3.05, 3.63) is 34.4 Å². The summed E-state index contributed by atoms with van der Waals surface area (Å²) in [7, 11) is -4.02. The van der Waals surface area contributed by atoms with E-state index in [2.05, 4.69) is 10.0 Å². The van der Waals surface area contributed by atoms with Gasteiger partial charge in [0.1, 0.15) is 0 Å². The van der Waals surface area contributed by atoms with Gasteiger partial charge in [-0.25, -0.2) is 13.1 Å². The molecule has 128 valence electrons. The maximum absolute atomic E-state index is 12.1. The molecule has 0 fully saturated rings. The molecule has 0 spiro atoms. The Hall–Kier alpha value is -2.04. The Bertz CT molecular complexity index is 660. The fraction of sp³-hybridized carbons (Fsp3) is 0.462. The smallest absolute Gasteiger partial charge is 0.289 e. The van der Waals surface area contributed by atoms with Crippen molar-refractivity contribution in [3.63, 3.8) is 0 Å². The number of carbonyl (C=O) groups excluding carboxylic acids is 1. The van der Waals surface area contributed by atoms with Gasteiger partial charge in [0.2, 0.25) is 15.9 Å². The first-order valence-electron chi connectivity index (χ1n) is 6.99. The SMILES string of the molecule is CC(N)CCC(=O)NCCNS(=O)(=O)c1ccccc1[N+](=O)[O-]. The molecule has 1 unspecified atom stereocenters. The second kappa shape index (κ2) is 8.56. The maximum Gasteiger partial charge on any atom is 0.289 e. The van der Waals surface area contributed by atoms with Gasteiger partial charge >= 0.3 is 0 Å². The van der Waals surface area contributed by atoms with E-state index in [4.69, 9.17) is 5.73 Å². The number of nitrogens with one attached hydrogen (secondary N) is 2. The number of hydrogen-bond acceptors (Lipinski definition) is 6. The maximum atomic E-state index is 12.1. The lowest BCUT2D eigenvalue weighted by Crippen LogP contribution is -2.35. The Kier molecular flexibility index (Phi) is 7.07. The molecule has 0 bridgehead atoms. The third kappa shape index (κ3) is 6.30. The highest BCUT2D eigenvalue weighted by atomic mass is 32.2. The monoisotopic (exact) mass is 344 g/mol. The molecular formula is C13H20N4O5S. The van der Waals surface area contributed by atoms with Crippen molar-refractivity contribution in [2.45, 2.75) is 30.7 Å². The molecule has 0 aliphatic carbocycles. The van der Waals surface area contributed by atoms with Gasteiger partial charge in [0, 0.05) is 31.6 Å². The lowest BCUT2D eigenvalue weighted by atomic mass is 10.2. The first kappa shape index (κ1) is 19.0. The van der Waals surface area contributed by atoms with Gasteiger partial charge in [0.05, 0.1) is 4.92 Å². The number of hydrogen-bond donors (Lipinski definition) is 3. The highest BCUT2D eigenvalue weighted by Gasteiger charge is 2.24. The Morgan fingerprint density at radius 2 is 2.00 bits per heavy atom. The molecule has 4 N–H and O–H groups in total. The van der Waals surface area contributed by atoms with Gasteiger partial charge < -0.3 is 11.1 Å². The van der Waals surface area contributed by atoms with Crippen molar-refractivity contribution in [2.24, 2.45) is 5.73 Å². The molecule has 0 aromatic heterocycles. The van der Waals surface area contributed by atoms with Gasteiger partial charge in [-0.05, 0) is 19.4 Å². The summed E-state index contributed by atoms with van der Waals surface area (Å²) in [5.74, 6) is -0.229. The van der Waals surface area contributed by atoms with Crippen molar-refractivity contribution < 1.29 is 18.1 Å². The van der Waals surface area contributed by atoms with E-state index in [0.29, 0.717) is 6.42 Å². The molecule has 1 rings (SSSR count). The van der Waals surface area contributed by atoms with Gasteiger partial charge in [-0.1, -0.05) is 12.1 Å². The quantitative estimate of drug-likeness (QED) is 0.329. The van der Waals surface area contributed by atoms with Crippen LogP contribution in [0.4, 0.5) is 5.69 Å². The number of nitrogens with two attached hydrogens (primary N) is 1. The second-order valence-corrected chi connectivity index (χ2v) is 6.72. The molecule has 0 heterocycles. The zero-order valence-electron chi connectivity index (χ0n) is 12.7. The predicted octanol–water partition coefficient (Wildman–Crippen LogP) is 0.117. The molecule has 9 nitrogen and oxygen atoms in total. The van der Waals surface area contributed by atoms with Crippen LogP contribution in [-0.2, 0) is 14.8 Å². The number of nitro groups is 1. The van der Waals surface area contributed by atoms with E-state index < -0.39 is 25.5 Å². The van der Waals surface area contributed by atoms with Crippen LogP contribution in [0.2, 0.25) is 0 Å². The van der Waals surface area contributed by atoms with Gasteiger partial charge in [-0.2, -0.15) is 0 Å². The normalized spacial score (nSPS) is 12.6. The number of nitro benzene ring substituents is 1. The summed E-state index contributed by atoms with van der Waals surface area (Å²) < 4.78 is 26.4. The van der Waals surface area contributed by atoms with Crippen molar-refractivity contribution in [1.29, 1.82) is 0 Å². The number of para-hydroxylation sites is 1. The Morgan fingerprint density at radius 3 is 2.61 bits per heavy atom. The van der Waals surface area contributed by atoms with Crippen LogP contribution in [0.15, 0.2) is 29.2 Å². The fourth-order valence-electron chi connectivity index (χ4n) is 1.75. The van der Waals surface area contributed by atoms with Crippen LogP contribution in [0.3, 0.4) is 0 Å². The number of rotatable bonds is 9. The lowest BCUT2D eigenvalue weighted by Gasteiger charge is -2.09. The molecule has 0 saturated carbocycles. The third-order valence-electron chi connectivity index (χ3n) is 2.92. The number of nitrogens with zero attached hydrogens (tertiary/aromatic N) is 1. The topological polar surface area (TPSA) is 144 Å². The summed E-state index contributed by atoms with van der Waals surface area (Å²) in [4.78, 5) is 21.1. The average Bonchev–Trinajstić information content (AvgIpc) is 2.49. The van der Waals surface area contributed by atoms with Gasteiger partial charge in [0.15, 0.2) is 4.90 Å². The number of benzene rings is 1. The van der Waals surface area contributed by atoms with Crippen LogP contribution in [0.25, 0.3) is 0 Å². The van der Waals surface area contributed by atoms with Gasteiger partial charge in [-0.3, -0.25) is 14.9 Å². The van der Waals surface area contributed by atoms with Crippen LogP contribution < -0.4 is 15.8 Å². The molecule has 0 aliphatic heterocycles. The van der Waals surface area contributed by atoms with E-state index in [1.807, 2.05) is 0 Å². The third-order valence-corrected chi connectivity index (χ3v) is 4.43. The Balaban J connectivity index is 2.54. The highest BCUT2D eigenvalue weighted by molar-refractivity contribution is 7.89. The minimum absolute atomic E-state index is 0.0711. The predicted molar refractivity (Wildman–Crippen MR) is 84.2 cm³/mol. The standard InChI is InChI=1S/C13H20N4O5S/c1-10(14)6-7-13(18)15-8-9-16-23(21,22)12-5-3-2-4-11(12)17(19)20/h2-5,10,16H,6-9,14H2,1H3,(H,15,18). The first-order valence-corrected chi connectivity index (χ1v) is 8.47. The molecule has 1 atom stereocenters. The van der Waals surface area contributed by atoms with Crippen LogP contribution in [0.1, 0.15) is 19.8 Å². The summed E-state index contributed by atoms with van der Waals surface area (Å²) in [6, 6.07) is 4.97. The first-order chi connectivity index (χ1) is 10.7. The van der Waals surface area contributed by atoms with Crippen molar-refractivity contribution in [2.75, 3.05) is 13.1 Å². The second-order valence-electron chi connectivity index (χ2n) is 4.99.